The summed E-state index contributed by atoms with van der Waals surface area (Å²) >= 11 is 0. The lowest BCUT2D eigenvalue weighted by Gasteiger charge is -2.28. The number of aromatic hydroxyl groups is 1. The number of carbonyl (C=O) groups is 1. The zero-order valence-electron chi connectivity index (χ0n) is 11.8. The van der Waals surface area contributed by atoms with Gasteiger partial charge in [0.15, 0.2) is 0 Å². The van der Waals surface area contributed by atoms with Crippen LogP contribution in [0.25, 0.3) is 0 Å². The Balaban J connectivity index is 3.06. The summed E-state index contributed by atoms with van der Waals surface area (Å²) in [7, 11) is 0. The zero-order valence-corrected chi connectivity index (χ0v) is 11.8. The lowest BCUT2D eigenvalue weighted by molar-refractivity contribution is -0.128. The topological polar surface area (TPSA) is 63.3 Å². The van der Waals surface area contributed by atoms with E-state index in [9.17, 15) is 9.90 Å². The molecule has 0 saturated heterocycles. The second kappa shape index (κ2) is 6.41. The number of carbonyl (C=O) groups excluding carboxylic acids is 1. The van der Waals surface area contributed by atoms with Crippen molar-refractivity contribution in [2.75, 3.05) is 0 Å². The Kier molecular flexibility index (Phi) is 5.16. The first-order valence-electron chi connectivity index (χ1n) is 6.70. The summed E-state index contributed by atoms with van der Waals surface area (Å²) < 4.78 is 0. The third kappa shape index (κ3) is 3.37. The number of amides is 1. The number of primary amides is 1. The van der Waals surface area contributed by atoms with Crippen LogP contribution in [0, 0.1) is 5.41 Å². The van der Waals surface area contributed by atoms with Gasteiger partial charge in [0, 0.05) is 0 Å². The number of hydrogen-bond acceptors (Lipinski definition) is 2. The van der Waals surface area contributed by atoms with Crippen LogP contribution in [0.4, 0.5) is 0 Å². The van der Waals surface area contributed by atoms with Crippen LogP contribution in [0.3, 0.4) is 0 Å². The van der Waals surface area contributed by atoms with E-state index < -0.39 is 5.41 Å². The molecule has 0 unspecified atom stereocenters. The molecule has 0 heterocycles. The van der Waals surface area contributed by atoms with Crippen LogP contribution >= 0.6 is 0 Å². The van der Waals surface area contributed by atoms with Gasteiger partial charge in [0.2, 0.25) is 5.91 Å². The van der Waals surface area contributed by atoms with Crippen molar-refractivity contribution in [3.8, 4) is 5.75 Å². The van der Waals surface area contributed by atoms with Gasteiger partial charge >= 0.3 is 0 Å². The summed E-state index contributed by atoms with van der Waals surface area (Å²) in [6, 6.07) is 5.45. The molecule has 19 heavy (non-hydrogen) atoms. The Morgan fingerprint density at radius 1 is 1.42 bits per heavy atom. The van der Waals surface area contributed by atoms with Gasteiger partial charge in [-0.2, -0.15) is 0 Å². The van der Waals surface area contributed by atoms with Crippen LogP contribution < -0.4 is 5.73 Å². The molecule has 0 aromatic heterocycles. The van der Waals surface area contributed by atoms with Gasteiger partial charge in [0.1, 0.15) is 5.75 Å². The number of phenolic OH excluding ortho intramolecular Hbond substituents is 1. The number of nitrogens with two attached hydrogens (primary N) is 1. The minimum Gasteiger partial charge on any atom is -0.508 e. The van der Waals surface area contributed by atoms with Crippen LogP contribution in [0.15, 0.2) is 30.9 Å². The van der Waals surface area contributed by atoms with Gasteiger partial charge < -0.3 is 10.8 Å². The van der Waals surface area contributed by atoms with Crippen molar-refractivity contribution in [1.82, 2.24) is 0 Å². The highest BCUT2D eigenvalue weighted by Crippen LogP contribution is 2.32. The molecule has 1 aromatic rings. The molecular formula is C16H23NO2. The van der Waals surface area contributed by atoms with E-state index in [-0.39, 0.29) is 11.7 Å². The predicted molar refractivity (Wildman–Crippen MR) is 77.9 cm³/mol. The van der Waals surface area contributed by atoms with Gasteiger partial charge in [-0.3, -0.25) is 4.79 Å². The van der Waals surface area contributed by atoms with E-state index in [0.29, 0.717) is 12.8 Å². The molecule has 0 radical (unpaired) electrons. The van der Waals surface area contributed by atoms with Crippen molar-refractivity contribution >= 4 is 5.91 Å². The first kappa shape index (κ1) is 15.3. The molecule has 3 N–H and O–H groups in total. The minimum absolute atomic E-state index is 0.254. The molecule has 1 rings (SSSR count). The highest BCUT2D eigenvalue weighted by molar-refractivity contribution is 5.81. The number of phenols is 1. The Labute approximate surface area is 115 Å². The zero-order chi connectivity index (χ0) is 14.5. The number of rotatable bonds is 7. The molecule has 1 aromatic carbocycles. The first-order chi connectivity index (χ1) is 8.99. The minimum atomic E-state index is -0.498. The van der Waals surface area contributed by atoms with E-state index >= 15 is 0 Å². The fourth-order valence-electron chi connectivity index (χ4n) is 2.39. The lowest BCUT2D eigenvalue weighted by Crippen LogP contribution is -2.38. The van der Waals surface area contributed by atoms with Crippen LogP contribution in [-0.4, -0.2) is 11.0 Å². The molecule has 0 bridgehead atoms. The second-order valence-corrected chi connectivity index (χ2v) is 4.98. The van der Waals surface area contributed by atoms with Crippen LogP contribution in [0.5, 0.6) is 5.75 Å². The average Bonchev–Trinajstić information content (AvgIpc) is 2.39. The fourth-order valence-corrected chi connectivity index (χ4v) is 2.39. The Morgan fingerprint density at radius 3 is 2.53 bits per heavy atom. The van der Waals surface area contributed by atoms with Gasteiger partial charge in [-0.1, -0.05) is 32.1 Å². The van der Waals surface area contributed by atoms with E-state index in [0.717, 1.165) is 24.0 Å². The number of benzene rings is 1. The number of allylic oxidation sites excluding steroid dienone is 1. The predicted octanol–water partition coefficient (Wildman–Crippen LogP) is 2.95. The van der Waals surface area contributed by atoms with E-state index in [2.05, 4.69) is 6.58 Å². The van der Waals surface area contributed by atoms with Crippen molar-refractivity contribution in [2.24, 2.45) is 11.1 Å². The largest absolute Gasteiger partial charge is 0.508 e. The SMILES string of the molecule is C=CCc1cc(CC(CC)(CC)C(N)=O)ccc1O. The molecule has 3 nitrogen and oxygen atoms in total. The van der Waals surface area contributed by atoms with Crippen LogP contribution in [0.1, 0.15) is 37.8 Å². The van der Waals surface area contributed by atoms with Crippen molar-refractivity contribution in [3.05, 3.63) is 42.0 Å². The summed E-state index contributed by atoms with van der Waals surface area (Å²) in [6.45, 7) is 7.65. The van der Waals surface area contributed by atoms with Gasteiger partial charge in [0.05, 0.1) is 5.41 Å². The molecule has 0 aliphatic carbocycles. The lowest BCUT2D eigenvalue weighted by atomic mass is 9.76. The Hall–Kier alpha value is -1.77. The monoisotopic (exact) mass is 261 g/mol. The third-order valence-corrected chi connectivity index (χ3v) is 3.93. The number of hydrogen-bond donors (Lipinski definition) is 2. The standard InChI is InChI=1S/C16H23NO2/c1-4-7-13-10-12(8-9-14(13)18)11-16(5-2,6-3)15(17)19/h4,8-10,18H,1,5-7,11H2,2-3H3,(H2,17,19). The van der Waals surface area contributed by atoms with E-state index in [4.69, 9.17) is 5.73 Å². The van der Waals surface area contributed by atoms with Crippen molar-refractivity contribution in [2.45, 2.75) is 39.5 Å². The summed E-state index contributed by atoms with van der Waals surface area (Å²) in [5, 5.41) is 9.75. The smallest absolute Gasteiger partial charge is 0.223 e. The van der Waals surface area contributed by atoms with Gasteiger partial charge in [-0.05, 0) is 42.9 Å². The normalized spacial score (nSPS) is 11.3. The Morgan fingerprint density at radius 2 is 2.05 bits per heavy atom. The molecule has 0 saturated carbocycles. The molecule has 0 fully saturated rings. The van der Waals surface area contributed by atoms with Crippen molar-refractivity contribution in [3.63, 3.8) is 0 Å². The molecule has 0 atom stereocenters. The van der Waals surface area contributed by atoms with E-state index in [1.807, 2.05) is 26.0 Å². The summed E-state index contributed by atoms with van der Waals surface area (Å²) in [5.41, 5.74) is 6.92. The van der Waals surface area contributed by atoms with Gasteiger partial charge in [-0.25, -0.2) is 0 Å². The molecule has 0 aliphatic heterocycles. The summed E-state index contributed by atoms with van der Waals surface area (Å²) in [4.78, 5) is 11.7. The maximum absolute atomic E-state index is 11.7. The molecule has 3 heteroatoms. The van der Waals surface area contributed by atoms with E-state index in [1.165, 1.54) is 0 Å². The van der Waals surface area contributed by atoms with Gasteiger partial charge in [0.25, 0.3) is 0 Å². The highest BCUT2D eigenvalue weighted by atomic mass is 16.3. The quantitative estimate of drug-likeness (QED) is 0.741. The van der Waals surface area contributed by atoms with Crippen molar-refractivity contribution in [1.29, 1.82) is 0 Å². The van der Waals surface area contributed by atoms with Gasteiger partial charge in [-0.15, -0.1) is 6.58 Å². The molecule has 1 amide bonds. The average molecular weight is 261 g/mol. The molecular weight excluding hydrogens is 238 g/mol. The van der Waals surface area contributed by atoms with Crippen LogP contribution in [-0.2, 0) is 17.6 Å². The maximum atomic E-state index is 11.7. The third-order valence-electron chi connectivity index (χ3n) is 3.93. The van der Waals surface area contributed by atoms with Crippen LogP contribution in [0.2, 0.25) is 0 Å². The summed E-state index contributed by atoms with van der Waals surface area (Å²) in [5.74, 6) is 0.0113. The first-order valence-corrected chi connectivity index (χ1v) is 6.70. The molecule has 0 spiro atoms. The molecule has 0 aliphatic rings. The molecule has 104 valence electrons. The summed E-state index contributed by atoms with van der Waals surface area (Å²) in [6.07, 6.45) is 4.41. The fraction of sp³-hybridized carbons (Fsp3) is 0.438. The maximum Gasteiger partial charge on any atom is 0.223 e. The van der Waals surface area contributed by atoms with Crippen molar-refractivity contribution < 1.29 is 9.90 Å². The Bertz CT molecular complexity index is 462. The second-order valence-electron chi connectivity index (χ2n) is 4.98. The highest BCUT2D eigenvalue weighted by Gasteiger charge is 2.32. The van der Waals surface area contributed by atoms with E-state index in [1.54, 1.807) is 12.1 Å².